The highest BCUT2D eigenvalue weighted by molar-refractivity contribution is 5.83. The molecule has 5 rings (SSSR count). The minimum atomic E-state index is 0.158. The van der Waals surface area contributed by atoms with E-state index < -0.39 is 0 Å². The van der Waals surface area contributed by atoms with E-state index in [-0.39, 0.29) is 11.8 Å². The molecule has 1 saturated carbocycles. The second kappa shape index (κ2) is 5.84. The summed E-state index contributed by atoms with van der Waals surface area (Å²) in [6, 6.07) is 3.67. The summed E-state index contributed by atoms with van der Waals surface area (Å²) in [7, 11) is 0. The van der Waals surface area contributed by atoms with Crippen LogP contribution in [-0.4, -0.2) is 40.7 Å². The van der Waals surface area contributed by atoms with E-state index in [1.165, 1.54) is 0 Å². The van der Waals surface area contributed by atoms with Crippen molar-refractivity contribution in [2.24, 2.45) is 17.8 Å². The van der Waals surface area contributed by atoms with Crippen LogP contribution < -0.4 is 4.74 Å². The molecule has 2 aromatic rings. The van der Waals surface area contributed by atoms with E-state index in [1.807, 2.05) is 17.0 Å². The third-order valence-corrected chi connectivity index (χ3v) is 5.47. The van der Waals surface area contributed by atoms with Crippen LogP contribution in [0.15, 0.2) is 29.0 Å². The zero-order chi connectivity index (χ0) is 16.8. The van der Waals surface area contributed by atoms with Gasteiger partial charge in [0.2, 0.25) is 5.91 Å². The Labute approximate surface area is 144 Å². The molecule has 1 aliphatic carbocycles. The van der Waals surface area contributed by atoms with Gasteiger partial charge in [-0.25, -0.2) is 0 Å². The molecule has 1 amide bonds. The number of ether oxygens (including phenoxy) is 2. The molecule has 3 atom stereocenters. The maximum atomic E-state index is 12.8. The minimum Gasteiger partial charge on any atom is -0.486 e. The summed E-state index contributed by atoms with van der Waals surface area (Å²) in [6.45, 7) is 3.03. The Balaban J connectivity index is 1.27. The quantitative estimate of drug-likeness (QED) is 0.837. The molecule has 130 valence electrons. The van der Waals surface area contributed by atoms with Crippen LogP contribution in [-0.2, 0) is 29.1 Å². The van der Waals surface area contributed by atoms with Gasteiger partial charge in [0.15, 0.2) is 0 Å². The van der Waals surface area contributed by atoms with Gasteiger partial charge in [0, 0.05) is 30.6 Å². The Hall–Kier alpha value is -2.41. The predicted molar refractivity (Wildman–Crippen MR) is 85.5 cm³/mol. The first-order chi connectivity index (χ1) is 12.3. The Morgan fingerprint density at radius 2 is 2.24 bits per heavy atom. The monoisotopic (exact) mass is 341 g/mol. The molecule has 0 bridgehead atoms. The Kier molecular flexibility index (Phi) is 3.48. The SMILES string of the molecule is O=C(C1[C@H]2COC[C@@H]12)N1CCc2onc(COc3cccnc3)c2C1. The number of hydrogen-bond donors (Lipinski definition) is 0. The van der Waals surface area contributed by atoms with Crippen LogP contribution in [0.1, 0.15) is 17.0 Å². The number of fused-ring (bicyclic) bond motifs is 2. The van der Waals surface area contributed by atoms with Gasteiger partial charge in [-0.15, -0.1) is 0 Å². The van der Waals surface area contributed by atoms with Gasteiger partial charge in [-0.2, -0.15) is 0 Å². The number of carbonyl (C=O) groups excluding carboxylic acids is 1. The molecular formula is C18H19N3O4. The Morgan fingerprint density at radius 1 is 1.36 bits per heavy atom. The van der Waals surface area contributed by atoms with Crippen LogP contribution in [0.4, 0.5) is 0 Å². The fourth-order valence-electron chi connectivity index (χ4n) is 3.97. The van der Waals surface area contributed by atoms with Crippen LogP contribution in [0, 0.1) is 17.8 Å². The van der Waals surface area contributed by atoms with E-state index in [0.29, 0.717) is 43.7 Å². The van der Waals surface area contributed by atoms with E-state index in [4.69, 9.17) is 14.0 Å². The summed E-state index contributed by atoms with van der Waals surface area (Å²) in [5, 5.41) is 4.15. The van der Waals surface area contributed by atoms with E-state index in [9.17, 15) is 4.79 Å². The van der Waals surface area contributed by atoms with Gasteiger partial charge in [0.1, 0.15) is 23.8 Å². The highest BCUT2D eigenvalue weighted by Crippen LogP contribution is 2.51. The number of pyridine rings is 1. The molecule has 2 aliphatic heterocycles. The van der Waals surface area contributed by atoms with Crippen molar-refractivity contribution in [3.05, 3.63) is 41.5 Å². The van der Waals surface area contributed by atoms with Gasteiger partial charge < -0.3 is 18.9 Å². The van der Waals surface area contributed by atoms with Gasteiger partial charge in [-0.1, -0.05) is 5.16 Å². The van der Waals surface area contributed by atoms with Crippen molar-refractivity contribution in [1.29, 1.82) is 0 Å². The first-order valence-corrected chi connectivity index (χ1v) is 8.67. The Morgan fingerprint density at radius 3 is 3.04 bits per heavy atom. The van der Waals surface area contributed by atoms with Gasteiger partial charge in [0.25, 0.3) is 0 Å². The number of hydrogen-bond acceptors (Lipinski definition) is 6. The lowest BCUT2D eigenvalue weighted by Gasteiger charge is -2.27. The molecule has 3 aliphatic rings. The van der Waals surface area contributed by atoms with E-state index in [2.05, 4.69) is 10.1 Å². The smallest absolute Gasteiger partial charge is 0.226 e. The first-order valence-electron chi connectivity index (χ1n) is 8.67. The fraction of sp³-hybridized carbons (Fsp3) is 0.500. The zero-order valence-corrected chi connectivity index (χ0v) is 13.8. The number of amides is 1. The molecule has 7 nitrogen and oxygen atoms in total. The summed E-state index contributed by atoms with van der Waals surface area (Å²) in [6.07, 6.45) is 4.07. The molecule has 0 spiro atoms. The summed E-state index contributed by atoms with van der Waals surface area (Å²) in [4.78, 5) is 18.7. The number of carbonyl (C=O) groups is 1. The van der Waals surface area contributed by atoms with Crippen molar-refractivity contribution >= 4 is 5.91 Å². The van der Waals surface area contributed by atoms with Crippen molar-refractivity contribution in [3.8, 4) is 5.75 Å². The van der Waals surface area contributed by atoms with E-state index in [1.54, 1.807) is 12.4 Å². The normalized spacial score (nSPS) is 26.9. The molecule has 1 unspecified atom stereocenters. The highest BCUT2D eigenvalue weighted by atomic mass is 16.5. The summed E-state index contributed by atoms with van der Waals surface area (Å²) >= 11 is 0. The second-order valence-electron chi connectivity index (χ2n) is 6.91. The largest absolute Gasteiger partial charge is 0.486 e. The molecular weight excluding hydrogens is 322 g/mol. The van der Waals surface area contributed by atoms with Crippen molar-refractivity contribution in [1.82, 2.24) is 15.0 Å². The first kappa shape index (κ1) is 14.9. The van der Waals surface area contributed by atoms with Gasteiger partial charge in [-0.05, 0) is 24.0 Å². The number of aromatic nitrogens is 2. The van der Waals surface area contributed by atoms with Crippen molar-refractivity contribution in [2.45, 2.75) is 19.6 Å². The van der Waals surface area contributed by atoms with Gasteiger partial charge in [0.05, 0.1) is 26.0 Å². The molecule has 2 fully saturated rings. The minimum absolute atomic E-state index is 0.158. The lowest BCUT2D eigenvalue weighted by Crippen LogP contribution is -2.38. The fourth-order valence-corrected chi connectivity index (χ4v) is 3.97. The molecule has 0 radical (unpaired) electrons. The molecule has 2 aromatic heterocycles. The maximum absolute atomic E-state index is 12.8. The zero-order valence-electron chi connectivity index (χ0n) is 13.8. The van der Waals surface area contributed by atoms with Crippen LogP contribution in [0.3, 0.4) is 0 Å². The third kappa shape index (κ3) is 2.59. The molecule has 0 N–H and O–H groups in total. The maximum Gasteiger partial charge on any atom is 0.226 e. The average Bonchev–Trinajstić information content (AvgIpc) is 3.00. The second-order valence-corrected chi connectivity index (χ2v) is 6.91. The van der Waals surface area contributed by atoms with Gasteiger partial charge >= 0.3 is 0 Å². The van der Waals surface area contributed by atoms with Crippen molar-refractivity contribution in [3.63, 3.8) is 0 Å². The molecule has 25 heavy (non-hydrogen) atoms. The van der Waals surface area contributed by atoms with Gasteiger partial charge in [-0.3, -0.25) is 9.78 Å². The summed E-state index contributed by atoms with van der Waals surface area (Å²) in [5.41, 5.74) is 1.75. The third-order valence-electron chi connectivity index (χ3n) is 5.47. The van der Waals surface area contributed by atoms with E-state index in [0.717, 1.165) is 30.2 Å². The molecule has 7 heteroatoms. The topological polar surface area (TPSA) is 77.7 Å². The lowest BCUT2D eigenvalue weighted by atomic mass is 10.1. The van der Waals surface area contributed by atoms with E-state index >= 15 is 0 Å². The Bertz CT molecular complexity index is 781. The highest BCUT2D eigenvalue weighted by Gasteiger charge is 2.59. The van der Waals surface area contributed by atoms with Crippen LogP contribution >= 0.6 is 0 Å². The van der Waals surface area contributed by atoms with Crippen molar-refractivity contribution < 1.29 is 18.8 Å². The molecule has 4 heterocycles. The van der Waals surface area contributed by atoms with Crippen LogP contribution in [0.2, 0.25) is 0 Å². The molecule has 1 saturated heterocycles. The predicted octanol–water partition coefficient (Wildman–Crippen LogP) is 1.43. The average molecular weight is 341 g/mol. The molecule has 0 aromatic carbocycles. The van der Waals surface area contributed by atoms with Crippen LogP contribution in [0.25, 0.3) is 0 Å². The summed E-state index contributed by atoms with van der Waals surface area (Å²) in [5.74, 6) is 2.84. The number of rotatable bonds is 4. The van der Waals surface area contributed by atoms with Crippen LogP contribution in [0.5, 0.6) is 5.75 Å². The summed E-state index contributed by atoms with van der Waals surface area (Å²) < 4.78 is 16.6. The standard InChI is InChI=1S/C18H19N3O4/c22-18(17-13-8-23-9-14(13)17)21-5-3-16-12(7-21)15(20-25-16)10-24-11-2-1-4-19-6-11/h1-2,4,6,13-14,17H,3,5,7-10H2/t13-,14+,17?. The van der Waals surface area contributed by atoms with Crippen molar-refractivity contribution in [2.75, 3.05) is 19.8 Å². The number of nitrogens with zero attached hydrogens (tertiary/aromatic N) is 3. The lowest BCUT2D eigenvalue weighted by molar-refractivity contribution is -0.135.